The number of nitrogens with one attached hydrogen (secondary N) is 1. The Labute approximate surface area is 97.5 Å². The number of rotatable bonds is 7. The first-order valence-electron chi connectivity index (χ1n) is 4.63. The summed E-state index contributed by atoms with van der Waals surface area (Å²) in [6.45, 7) is 2.18. The van der Waals surface area contributed by atoms with E-state index in [2.05, 4.69) is 21.2 Å². The summed E-state index contributed by atoms with van der Waals surface area (Å²) in [6, 6.07) is 0. The van der Waals surface area contributed by atoms with E-state index in [1.54, 1.807) is 0 Å². The zero-order valence-electron chi connectivity index (χ0n) is 8.35. The summed E-state index contributed by atoms with van der Waals surface area (Å²) in [5, 5.41) is 3.77. The summed E-state index contributed by atoms with van der Waals surface area (Å²) in [5.41, 5.74) is 0. The first kappa shape index (κ1) is 14.0. The van der Waals surface area contributed by atoms with Crippen molar-refractivity contribution in [1.29, 1.82) is 0 Å². The van der Waals surface area contributed by atoms with E-state index in [0.29, 0.717) is 6.54 Å². The first-order chi connectivity index (χ1) is 6.66. The lowest BCUT2D eigenvalue weighted by molar-refractivity contribution is -0.118. The van der Waals surface area contributed by atoms with Gasteiger partial charge < -0.3 is 5.32 Å². The zero-order chi connectivity index (χ0) is 10.8. The molecule has 1 amide bonds. The molecule has 0 bridgehead atoms. The summed E-state index contributed by atoms with van der Waals surface area (Å²) < 4.78 is 0. The number of hydrogen-bond acceptors (Lipinski definition) is 3. The molecular weight excluding hydrogens is 266 g/mol. The van der Waals surface area contributed by atoms with Gasteiger partial charge in [-0.05, 0) is 12.8 Å². The van der Waals surface area contributed by atoms with Crippen LogP contribution in [0, 0.1) is 0 Å². The number of carbonyl (C=O) groups excluding carboxylic acids is 2. The van der Waals surface area contributed by atoms with Crippen LogP contribution in [0.15, 0.2) is 0 Å². The molecule has 0 aliphatic rings. The van der Waals surface area contributed by atoms with Crippen LogP contribution in [0.3, 0.4) is 0 Å². The van der Waals surface area contributed by atoms with Crippen molar-refractivity contribution in [1.82, 2.24) is 5.32 Å². The Morgan fingerprint density at radius 2 is 2.00 bits per heavy atom. The minimum Gasteiger partial charge on any atom is -0.355 e. The van der Waals surface area contributed by atoms with Crippen molar-refractivity contribution in [3.63, 3.8) is 0 Å². The third kappa shape index (κ3) is 10.1. The molecule has 0 radical (unpaired) electrons. The number of thioether (sulfide) groups is 1. The van der Waals surface area contributed by atoms with Gasteiger partial charge in [0.25, 0.3) is 0 Å². The molecule has 0 atom stereocenters. The van der Waals surface area contributed by atoms with E-state index in [1.807, 2.05) is 0 Å². The van der Waals surface area contributed by atoms with Gasteiger partial charge in [0.2, 0.25) is 5.91 Å². The van der Waals surface area contributed by atoms with Crippen LogP contribution in [0.4, 0.5) is 0 Å². The third-order valence-electron chi connectivity index (χ3n) is 1.54. The van der Waals surface area contributed by atoms with Crippen molar-refractivity contribution in [3.05, 3.63) is 0 Å². The minimum atomic E-state index is -0.0518. The van der Waals surface area contributed by atoms with Crippen LogP contribution in [0.5, 0.6) is 0 Å². The SMILES string of the molecule is CC(=O)SCC(=O)NCCCCCBr. The normalized spacial score (nSPS) is 9.86. The Morgan fingerprint density at radius 3 is 2.57 bits per heavy atom. The van der Waals surface area contributed by atoms with E-state index in [0.717, 1.165) is 36.4 Å². The van der Waals surface area contributed by atoms with E-state index < -0.39 is 0 Å². The predicted octanol–water partition coefficient (Wildman–Crippen LogP) is 1.95. The van der Waals surface area contributed by atoms with Gasteiger partial charge in [0.15, 0.2) is 5.12 Å². The van der Waals surface area contributed by atoms with Crippen molar-refractivity contribution < 1.29 is 9.59 Å². The van der Waals surface area contributed by atoms with Crippen LogP contribution in [0.2, 0.25) is 0 Å². The second-order valence-corrected chi connectivity index (χ2v) is 4.83. The molecular formula is C9H16BrNO2S. The summed E-state index contributed by atoms with van der Waals surface area (Å²) >= 11 is 4.39. The summed E-state index contributed by atoms with van der Waals surface area (Å²) in [6.07, 6.45) is 3.26. The van der Waals surface area contributed by atoms with Crippen molar-refractivity contribution in [3.8, 4) is 0 Å². The van der Waals surface area contributed by atoms with E-state index in [4.69, 9.17) is 0 Å². The Balaban J connectivity index is 3.22. The average molecular weight is 282 g/mol. The summed E-state index contributed by atoms with van der Waals surface area (Å²) in [4.78, 5) is 21.6. The van der Waals surface area contributed by atoms with Crippen molar-refractivity contribution >= 4 is 38.7 Å². The van der Waals surface area contributed by atoms with Gasteiger partial charge in [-0.25, -0.2) is 0 Å². The van der Waals surface area contributed by atoms with E-state index in [1.165, 1.54) is 6.92 Å². The van der Waals surface area contributed by atoms with Gasteiger partial charge in [0.1, 0.15) is 0 Å². The lowest BCUT2D eigenvalue weighted by atomic mass is 10.2. The Hall–Kier alpha value is -0.0300. The molecule has 82 valence electrons. The molecule has 0 heterocycles. The molecule has 3 nitrogen and oxygen atoms in total. The van der Waals surface area contributed by atoms with E-state index in [9.17, 15) is 9.59 Å². The fourth-order valence-electron chi connectivity index (χ4n) is 0.842. The molecule has 0 spiro atoms. The maximum absolute atomic E-state index is 11.1. The Bertz CT molecular complexity index is 188. The monoisotopic (exact) mass is 281 g/mol. The number of hydrogen-bond donors (Lipinski definition) is 1. The molecule has 0 aliphatic carbocycles. The van der Waals surface area contributed by atoms with Crippen molar-refractivity contribution in [2.24, 2.45) is 0 Å². The number of alkyl halides is 1. The number of unbranched alkanes of at least 4 members (excludes halogenated alkanes) is 2. The van der Waals surface area contributed by atoms with Gasteiger partial charge in [-0.3, -0.25) is 9.59 Å². The van der Waals surface area contributed by atoms with Crippen LogP contribution in [0.1, 0.15) is 26.2 Å². The highest BCUT2D eigenvalue weighted by atomic mass is 79.9. The van der Waals surface area contributed by atoms with Crippen molar-refractivity contribution in [2.75, 3.05) is 17.6 Å². The quantitative estimate of drug-likeness (QED) is 0.573. The third-order valence-corrected chi connectivity index (χ3v) is 2.91. The second-order valence-electron chi connectivity index (χ2n) is 2.88. The minimum absolute atomic E-state index is 0.0144. The molecule has 0 saturated heterocycles. The molecule has 0 aromatic rings. The smallest absolute Gasteiger partial charge is 0.230 e. The molecule has 1 N–H and O–H groups in total. The van der Waals surface area contributed by atoms with Gasteiger partial charge >= 0.3 is 0 Å². The van der Waals surface area contributed by atoms with E-state index >= 15 is 0 Å². The Kier molecular flexibility index (Phi) is 9.50. The standard InChI is InChI=1S/C9H16BrNO2S/c1-8(12)14-7-9(13)11-6-4-2-3-5-10/h2-7H2,1H3,(H,11,13). The zero-order valence-corrected chi connectivity index (χ0v) is 10.7. The average Bonchev–Trinajstić information content (AvgIpc) is 2.14. The van der Waals surface area contributed by atoms with Crippen molar-refractivity contribution in [2.45, 2.75) is 26.2 Å². The second kappa shape index (κ2) is 9.52. The topological polar surface area (TPSA) is 46.2 Å². The molecule has 0 saturated carbocycles. The molecule has 0 aromatic carbocycles. The highest BCUT2D eigenvalue weighted by molar-refractivity contribution is 9.09. The molecule has 0 aliphatic heterocycles. The molecule has 14 heavy (non-hydrogen) atoms. The predicted molar refractivity (Wildman–Crippen MR) is 63.8 cm³/mol. The van der Waals surface area contributed by atoms with Gasteiger partial charge in [0.05, 0.1) is 5.75 Å². The maximum atomic E-state index is 11.1. The van der Waals surface area contributed by atoms with Gasteiger partial charge in [-0.1, -0.05) is 34.1 Å². The molecule has 5 heteroatoms. The highest BCUT2D eigenvalue weighted by Gasteiger charge is 2.02. The molecule has 0 fully saturated rings. The largest absolute Gasteiger partial charge is 0.355 e. The Morgan fingerprint density at radius 1 is 1.29 bits per heavy atom. The number of amides is 1. The lowest BCUT2D eigenvalue weighted by Gasteiger charge is -2.03. The highest BCUT2D eigenvalue weighted by Crippen LogP contribution is 2.00. The summed E-state index contributed by atoms with van der Waals surface area (Å²) in [5.74, 6) is 0.192. The summed E-state index contributed by atoms with van der Waals surface area (Å²) in [7, 11) is 0. The molecule has 0 aromatic heterocycles. The first-order valence-corrected chi connectivity index (χ1v) is 6.73. The number of carbonyl (C=O) groups is 2. The van der Waals surface area contributed by atoms with Gasteiger partial charge in [-0.2, -0.15) is 0 Å². The number of halogens is 1. The van der Waals surface area contributed by atoms with Gasteiger partial charge in [-0.15, -0.1) is 0 Å². The van der Waals surface area contributed by atoms with Gasteiger partial charge in [0, 0.05) is 18.8 Å². The van der Waals surface area contributed by atoms with Crippen LogP contribution in [0.25, 0.3) is 0 Å². The van der Waals surface area contributed by atoms with Crippen LogP contribution in [-0.2, 0) is 9.59 Å². The van der Waals surface area contributed by atoms with Crippen LogP contribution < -0.4 is 5.32 Å². The fourth-order valence-corrected chi connectivity index (χ4v) is 1.68. The molecule has 0 unspecified atom stereocenters. The van der Waals surface area contributed by atoms with Crippen LogP contribution >= 0.6 is 27.7 Å². The lowest BCUT2D eigenvalue weighted by Crippen LogP contribution is -2.26. The van der Waals surface area contributed by atoms with E-state index in [-0.39, 0.29) is 16.8 Å². The maximum Gasteiger partial charge on any atom is 0.230 e. The molecule has 0 rings (SSSR count). The van der Waals surface area contributed by atoms with Crippen LogP contribution in [-0.4, -0.2) is 28.7 Å². The fraction of sp³-hybridized carbons (Fsp3) is 0.778.